The first kappa shape index (κ1) is 29.2. The molecule has 0 saturated carbocycles. The zero-order valence-corrected chi connectivity index (χ0v) is 23.6. The SMILES string of the molecule is CC[C@@]1(O)C[C@H](O[C@H]2C[C@@H]([NH+](C)C)[C@H](O)[C@@H](C)O2)c2c(cc3c(c2O)C(=O)c2c(O)cccc2C3=O)[C@@H]1C(=O)OC. The van der Waals surface area contributed by atoms with E-state index < -0.39 is 65.2 Å². The van der Waals surface area contributed by atoms with Gasteiger partial charge in [-0.1, -0.05) is 19.1 Å². The number of aliphatic hydroxyl groups excluding tert-OH is 1. The summed E-state index contributed by atoms with van der Waals surface area (Å²) < 4.78 is 17.4. The van der Waals surface area contributed by atoms with Gasteiger partial charge in [0, 0.05) is 23.1 Å². The van der Waals surface area contributed by atoms with E-state index in [1.54, 1.807) is 13.8 Å². The van der Waals surface area contributed by atoms with Gasteiger partial charge in [-0.25, -0.2) is 0 Å². The van der Waals surface area contributed by atoms with E-state index in [1.807, 2.05) is 14.1 Å². The fourth-order valence-corrected chi connectivity index (χ4v) is 6.59. The van der Waals surface area contributed by atoms with Crippen molar-refractivity contribution in [2.45, 2.75) is 75.3 Å². The van der Waals surface area contributed by atoms with Gasteiger partial charge in [0.05, 0.1) is 56.6 Å². The van der Waals surface area contributed by atoms with E-state index >= 15 is 0 Å². The number of phenols is 2. The summed E-state index contributed by atoms with van der Waals surface area (Å²) in [6.07, 6.45) is -2.96. The van der Waals surface area contributed by atoms with Gasteiger partial charge < -0.3 is 39.5 Å². The van der Waals surface area contributed by atoms with Gasteiger partial charge in [0.2, 0.25) is 5.78 Å². The van der Waals surface area contributed by atoms with Gasteiger partial charge in [-0.2, -0.15) is 0 Å². The minimum Gasteiger partial charge on any atom is -0.507 e. The molecule has 41 heavy (non-hydrogen) atoms. The summed E-state index contributed by atoms with van der Waals surface area (Å²) in [5, 5.41) is 44.5. The third-order valence-corrected chi connectivity index (χ3v) is 8.88. The molecular formula is C30H36NO10+. The number of rotatable bonds is 5. The van der Waals surface area contributed by atoms with E-state index in [9.17, 15) is 34.8 Å². The molecule has 1 heterocycles. The minimum atomic E-state index is -1.69. The van der Waals surface area contributed by atoms with Crippen molar-refractivity contribution in [2.75, 3.05) is 21.2 Å². The Morgan fingerprint density at radius 2 is 1.85 bits per heavy atom. The fraction of sp³-hybridized carbons (Fsp3) is 0.500. The Morgan fingerprint density at radius 3 is 2.49 bits per heavy atom. The summed E-state index contributed by atoms with van der Waals surface area (Å²) in [4.78, 5) is 41.3. The maximum Gasteiger partial charge on any atom is 0.316 e. The van der Waals surface area contributed by atoms with Gasteiger partial charge in [0.15, 0.2) is 12.1 Å². The number of ether oxygens (including phenoxy) is 3. The van der Waals surface area contributed by atoms with Crippen LogP contribution >= 0.6 is 0 Å². The highest BCUT2D eigenvalue weighted by Gasteiger charge is 2.53. The van der Waals surface area contributed by atoms with Crippen molar-refractivity contribution in [1.82, 2.24) is 0 Å². The highest BCUT2D eigenvalue weighted by molar-refractivity contribution is 6.30. The topological polar surface area (TPSA) is 164 Å². The number of fused-ring (bicyclic) bond motifs is 3. The highest BCUT2D eigenvalue weighted by Crippen LogP contribution is 2.53. The van der Waals surface area contributed by atoms with Crippen LogP contribution in [0.2, 0.25) is 0 Å². The van der Waals surface area contributed by atoms with Gasteiger partial charge >= 0.3 is 5.97 Å². The molecule has 2 aromatic carbocycles. The van der Waals surface area contributed by atoms with E-state index in [-0.39, 0.29) is 52.3 Å². The lowest BCUT2D eigenvalue weighted by Crippen LogP contribution is -3.12. The molecule has 1 saturated heterocycles. The first-order valence-electron chi connectivity index (χ1n) is 13.7. The van der Waals surface area contributed by atoms with Crippen LogP contribution in [0.3, 0.4) is 0 Å². The van der Waals surface area contributed by atoms with Crippen molar-refractivity contribution in [3.63, 3.8) is 0 Å². The number of carbonyl (C=O) groups excluding carboxylic acids is 3. The summed E-state index contributed by atoms with van der Waals surface area (Å²) in [5.41, 5.74) is -2.24. The Labute approximate surface area is 237 Å². The summed E-state index contributed by atoms with van der Waals surface area (Å²) >= 11 is 0. The van der Waals surface area contributed by atoms with Crippen LogP contribution in [-0.2, 0) is 19.0 Å². The molecule has 2 aliphatic carbocycles. The molecule has 1 fully saturated rings. The van der Waals surface area contributed by atoms with E-state index in [2.05, 4.69) is 0 Å². The van der Waals surface area contributed by atoms with Crippen molar-refractivity contribution in [1.29, 1.82) is 0 Å². The van der Waals surface area contributed by atoms with Gasteiger partial charge in [0.1, 0.15) is 29.6 Å². The Balaban J connectivity index is 1.69. The third kappa shape index (κ3) is 4.52. The van der Waals surface area contributed by atoms with Crippen molar-refractivity contribution < 1.29 is 53.9 Å². The second kappa shape index (κ2) is 10.5. The Kier molecular flexibility index (Phi) is 7.46. The summed E-state index contributed by atoms with van der Waals surface area (Å²) in [6, 6.07) is 5.24. The molecule has 0 aromatic heterocycles. The average Bonchev–Trinajstić information content (AvgIpc) is 2.92. The first-order valence-corrected chi connectivity index (χ1v) is 13.7. The second-order valence-corrected chi connectivity index (χ2v) is 11.4. The van der Waals surface area contributed by atoms with Crippen LogP contribution in [0.5, 0.6) is 11.5 Å². The zero-order chi connectivity index (χ0) is 30.0. The average molecular weight is 571 g/mol. The van der Waals surface area contributed by atoms with Crippen molar-refractivity contribution in [3.05, 3.63) is 57.6 Å². The second-order valence-electron chi connectivity index (χ2n) is 11.4. The fourth-order valence-electron chi connectivity index (χ4n) is 6.59. The number of benzene rings is 2. The number of esters is 1. The molecule has 1 aliphatic heterocycles. The number of carbonyl (C=O) groups is 3. The number of ketones is 2. The van der Waals surface area contributed by atoms with Crippen molar-refractivity contribution in [2.24, 2.45) is 0 Å². The molecule has 0 unspecified atom stereocenters. The number of hydrogen-bond donors (Lipinski definition) is 5. The lowest BCUT2D eigenvalue weighted by atomic mass is 9.67. The Hall–Kier alpha value is -3.35. The first-order chi connectivity index (χ1) is 19.3. The summed E-state index contributed by atoms with van der Waals surface area (Å²) in [7, 11) is 4.99. The molecule has 0 spiro atoms. The quantitative estimate of drug-likeness (QED) is 0.277. The monoisotopic (exact) mass is 570 g/mol. The molecule has 5 rings (SSSR count). The van der Waals surface area contributed by atoms with E-state index in [0.717, 1.165) is 4.90 Å². The molecule has 0 amide bonds. The van der Waals surface area contributed by atoms with E-state index in [1.165, 1.54) is 31.4 Å². The summed E-state index contributed by atoms with van der Waals surface area (Å²) in [5.74, 6) is -4.40. The van der Waals surface area contributed by atoms with Gasteiger partial charge in [-0.15, -0.1) is 0 Å². The number of phenolic OH excluding ortho intramolecular Hbond substituents is 2. The Morgan fingerprint density at radius 1 is 1.15 bits per heavy atom. The van der Waals surface area contributed by atoms with E-state index in [4.69, 9.17) is 14.2 Å². The number of likely N-dealkylation sites (N-methyl/N-ethyl adjacent to an activating group) is 1. The number of quaternary nitrogens is 1. The number of nitrogens with one attached hydrogen (secondary N) is 1. The molecule has 0 bridgehead atoms. The van der Waals surface area contributed by atoms with Crippen LogP contribution in [0, 0.1) is 0 Å². The normalized spacial score (nSPS) is 30.9. The number of methoxy groups -OCH3 is 1. The molecule has 5 N–H and O–H groups in total. The van der Waals surface area contributed by atoms with Crippen LogP contribution in [-0.4, -0.2) is 89.3 Å². The molecule has 11 nitrogen and oxygen atoms in total. The lowest BCUT2D eigenvalue weighted by Gasteiger charge is -2.45. The van der Waals surface area contributed by atoms with Gasteiger partial charge in [-0.3, -0.25) is 14.4 Å². The Bertz CT molecular complexity index is 1420. The predicted octanol–water partition coefficient (Wildman–Crippen LogP) is 0.741. The molecule has 3 aliphatic rings. The van der Waals surface area contributed by atoms with Crippen molar-refractivity contribution in [3.8, 4) is 11.5 Å². The highest BCUT2D eigenvalue weighted by atomic mass is 16.7. The van der Waals surface area contributed by atoms with E-state index in [0.29, 0.717) is 6.42 Å². The molecule has 2 aromatic rings. The zero-order valence-electron chi connectivity index (χ0n) is 23.6. The van der Waals surface area contributed by atoms with Crippen LogP contribution in [0.15, 0.2) is 24.3 Å². The molecular weight excluding hydrogens is 534 g/mol. The van der Waals surface area contributed by atoms with Crippen molar-refractivity contribution >= 4 is 17.5 Å². The van der Waals surface area contributed by atoms with Crippen LogP contribution in [0.4, 0.5) is 0 Å². The number of hydrogen-bond acceptors (Lipinski definition) is 10. The smallest absolute Gasteiger partial charge is 0.316 e. The molecule has 220 valence electrons. The van der Waals surface area contributed by atoms with Gasteiger partial charge in [-0.05, 0) is 31.0 Å². The third-order valence-electron chi connectivity index (χ3n) is 8.88. The van der Waals surface area contributed by atoms with Crippen LogP contribution < -0.4 is 4.90 Å². The minimum absolute atomic E-state index is 0.0359. The predicted molar refractivity (Wildman–Crippen MR) is 143 cm³/mol. The standard InChI is InChI=1S/C30H35NO10/c1-6-30(38)12-19(41-20-11-17(31(3)4)25(33)13(2)40-20)22-15(24(30)29(37)39-5)10-16-23(28(22)36)27(35)21-14(26(16)34)8-7-9-18(21)32/h7-10,13,17,19-20,24-25,32-33,36,38H,6,11-12H2,1-5H3/p+1/t13-,17-,19+,20+,24-,25-,30-/m1/s1. The van der Waals surface area contributed by atoms with Crippen LogP contribution in [0.25, 0.3) is 0 Å². The largest absolute Gasteiger partial charge is 0.507 e. The molecule has 11 heteroatoms. The number of aromatic hydroxyl groups is 2. The maximum absolute atomic E-state index is 13.6. The summed E-state index contributed by atoms with van der Waals surface area (Å²) in [6.45, 7) is 3.42. The molecule has 0 radical (unpaired) electrons. The molecule has 7 atom stereocenters. The lowest BCUT2D eigenvalue weighted by molar-refractivity contribution is -0.893. The number of aliphatic hydroxyl groups is 2. The van der Waals surface area contributed by atoms with Gasteiger partial charge in [0.25, 0.3) is 0 Å². The van der Waals surface area contributed by atoms with Crippen LogP contribution in [0.1, 0.15) is 88.1 Å². The maximum atomic E-state index is 13.6.